The molecule has 0 radical (unpaired) electrons. The van der Waals surface area contributed by atoms with Gasteiger partial charge in [-0.3, -0.25) is 24.6 Å². The monoisotopic (exact) mass is 371 g/mol. The molecule has 0 saturated heterocycles. The Morgan fingerprint density at radius 3 is 2.70 bits per heavy atom. The van der Waals surface area contributed by atoms with E-state index in [4.69, 9.17) is 9.47 Å². The number of nitro benzene ring substituents is 1. The van der Waals surface area contributed by atoms with Crippen LogP contribution in [0.5, 0.6) is 11.5 Å². The maximum absolute atomic E-state index is 12.9. The molecule has 2 aromatic carbocycles. The van der Waals surface area contributed by atoms with Crippen LogP contribution in [0, 0.1) is 10.1 Å². The van der Waals surface area contributed by atoms with Crippen molar-refractivity contribution in [2.75, 3.05) is 23.9 Å². The Bertz CT molecular complexity index is 914. The third-order valence-corrected chi connectivity index (χ3v) is 4.05. The number of para-hydroxylation sites is 2. The zero-order valence-corrected chi connectivity index (χ0v) is 14.7. The Morgan fingerprint density at radius 2 is 2.00 bits per heavy atom. The Morgan fingerprint density at radius 1 is 1.26 bits per heavy atom. The number of carbonyl (C=O) groups is 2. The maximum Gasteiger partial charge on any atom is 0.273 e. The van der Waals surface area contributed by atoms with Crippen molar-refractivity contribution in [1.82, 2.24) is 0 Å². The van der Waals surface area contributed by atoms with Crippen LogP contribution in [-0.4, -0.2) is 36.5 Å². The quantitative estimate of drug-likeness (QED) is 0.638. The normalized spacial score (nSPS) is 14.0. The van der Waals surface area contributed by atoms with Gasteiger partial charge in [-0.2, -0.15) is 0 Å². The van der Waals surface area contributed by atoms with E-state index in [-0.39, 0.29) is 29.6 Å². The van der Waals surface area contributed by atoms with E-state index in [2.05, 4.69) is 5.32 Å². The van der Waals surface area contributed by atoms with Crippen molar-refractivity contribution < 1.29 is 24.0 Å². The molecule has 2 amide bonds. The van der Waals surface area contributed by atoms with Gasteiger partial charge in [0, 0.05) is 6.07 Å². The Hall–Kier alpha value is -3.62. The van der Waals surface area contributed by atoms with Gasteiger partial charge in [0.05, 0.1) is 29.5 Å². The van der Waals surface area contributed by atoms with Gasteiger partial charge in [0.2, 0.25) is 5.91 Å². The second-order valence-corrected chi connectivity index (χ2v) is 5.84. The molecule has 1 atom stereocenters. The van der Waals surface area contributed by atoms with Crippen LogP contribution in [0.2, 0.25) is 0 Å². The van der Waals surface area contributed by atoms with Crippen LogP contribution >= 0.6 is 0 Å². The minimum Gasteiger partial charge on any atom is -0.493 e. The highest BCUT2D eigenvalue weighted by Crippen LogP contribution is 2.33. The number of methoxy groups -OCH3 is 1. The Labute approximate surface area is 154 Å². The molecule has 1 unspecified atom stereocenters. The van der Waals surface area contributed by atoms with Crippen LogP contribution in [0.25, 0.3) is 0 Å². The lowest BCUT2D eigenvalue weighted by Gasteiger charge is -2.31. The topological polar surface area (TPSA) is 111 Å². The van der Waals surface area contributed by atoms with Crippen molar-refractivity contribution in [3.63, 3.8) is 0 Å². The summed E-state index contributed by atoms with van der Waals surface area (Å²) in [5, 5.41) is 13.7. The summed E-state index contributed by atoms with van der Waals surface area (Å²) in [6.07, 6.45) is -1.00. The summed E-state index contributed by atoms with van der Waals surface area (Å²) < 4.78 is 10.8. The van der Waals surface area contributed by atoms with Crippen LogP contribution in [-0.2, 0) is 9.59 Å². The number of fused-ring (bicyclic) bond motifs is 1. The molecule has 140 valence electrons. The van der Waals surface area contributed by atoms with Gasteiger partial charge < -0.3 is 14.8 Å². The maximum atomic E-state index is 12.9. The molecule has 0 aromatic heterocycles. The van der Waals surface area contributed by atoms with E-state index >= 15 is 0 Å². The second kappa shape index (κ2) is 7.32. The number of nitrogens with one attached hydrogen (secondary N) is 1. The molecule has 1 aliphatic heterocycles. The summed E-state index contributed by atoms with van der Waals surface area (Å²) in [4.78, 5) is 36.5. The molecule has 27 heavy (non-hydrogen) atoms. The first-order valence-electron chi connectivity index (χ1n) is 8.10. The number of hydrogen-bond acceptors (Lipinski definition) is 6. The summed E-state index contributed by atoms with van der Waals surface area (Å²) >= 11 is 0. The number of nitrogens with zero attached hydrogens (tertiary/aromatic N) is 2. The van der Waals surface area contributed by atoms with E-state index in [9.17, 15) is 19.7 Å². The molecule has 3 rings (SSSR count). The van der Waals surface area contributed by atoms with Crippen molar-refractivity contribution >= 4 is 28.9 Å². The third kappa shape index (κ3) is 3.66. The molecule has 0 fully saturated rings. The molecule has 1 heterocycles. The van der Waals surface area contributed by atoms with E-state index in [0.29, 0.717) is 11.4 Å². The third-order valence-electron chi connectivity index (χ3n) is 4.05. The largest absolute Gasteiger partial charge is 0.493 e. The van der Waals surface area contributed by atoms with Crippen LogP contribution in [0.4, 0.5) is 17.1 Å². The number of ether oxygens (including phenoxy) is 2. The minimum atomic E-state index is -1.00. The lowest BCUT2D eigenvalue weighted by Crippen LogP contribution is -2.47. The molecular weight excluding hydrogens is 354 g/mol. The van der Waals surface area contributed by atoms with Gasteiger partial charge in [0.1, 0.15) is 6.54 Å². The number of nitro groups is 1. The van der Waals surface area contributed by atoms with Crippen LogP contribution in [0.1, 0.15) is 6.92 Å². The fourth-order valence-corrected chi connectivity index (χ4v) is 2.76. The summed E-state index contributed by atoms with van der Waals surface area (Å²) in [5.74, 6) is -0.438. The molecule has 0 aliphatic carbocycles. The number of benzene rings is 2. The van der Waals surface area contributed by atoms with Gasteiger partial charge in [-0.25, -0.2) is 0 Å². The zero-order chi connectivity index (χ0) is 19.6. The molecule has 1 N–H and O–H groups in total. The van der Waals surface area contributed by atoms with Gasteiger partial charge in [-0.15, -0.1) is 0 Å². The average Bonchev–Trinajstić information content (AvgIpc) is 2.66. The number of anilines is 2. The molecule has 0 spiro atoms. The lowest BCUT2D eigenvalue weighted by molar-refractivity contribution is -0.385. The highest BCUT2D eigenvalue weighted by molar-refractivity contribution is 6.10. The van der Waals surface area contributed by atoms with Crippen molar-refractivity contribution in [3.05, 3.63) is 52.6 Å². The molecule has 2 aromatic rings. The summed E-state index contributed by atoms with van der Waals surface area (Å²) in [7, 11) is 1.39. The van der Waals surface area contributed by atoms with E-state index in [0.717, 1.165) is 0 Å². The van der Waals surface area contributed by atoms with Crippen LogP contribution < -0.4 is 19.7 Å². The SMILES string of the molecule is COc1ccc([N+](=O)[O-])cc1OC(C)C(=O)N1CC(=O)Nc2ccccc21. The smallest absolute Gasteiger partial charge is 0.273 e. The number of amides is 2. The average molecular weight is 371 g/mol. The molecule has 0 saturated carbocycles. The van der Waals surface area contributed by atoms with Crippen molar-refractivity contribution in [3.8, 4) is 11.5 Å². The second-order valence-electron chi connectivity index (χ2n) is 5.84. The van der Waals surface area contributed by atoms with Gasteiger partial charge in [-0.1, -0.05) is 12.1 Å². The highest BCUT2D eigenvalue weighted by atomic mass is 16.6. The summed E-state index contributed by atoms with van der Waals surface area (Å²) in [6.45, 7) is 1.37. The van der Waals surface area contributed by atoms with Crippen molar-refractivity contribution in [2.24, 2.45) is 0 Å². The predicted molar refractivity (Wildman–Crippen MR) is 97.2 cm³/mol. The first kappa shape index (κ1) is 18.2. The number of hydrogen-bond donors (Lipinski definition) is 1. The van der Waals surface area contributed by atoms with Crippen molar-refractivity contribution in [1.29, 1.82) is 0 Å². The first-order valence-corrected chi connectivity index (χ1v) is 8.10. The number of rotatable bonds is 5. The van der Waals surface area contributed by atoms with E-state index in [1.165, 1.54) is 37.1 Å². The first-order chi connectivity index (χ1) is 12.9. The lowest BCUT2D eigenvalue weighted by atomic mass is 10.1. The Kier molecular flexibility index (Phi) is 4.93. The predicted octanol–water partition coefficient (Wildman–Crippen LogP) is 2.36. The van der Waals surface area contributed by atoms with E-state index in [1.807, 2.05) is 0 Å². The number of carbonyl (C=O) groups excluding carboxylic acids is 2. The fraction of sp³-hybridized carbons (Fsp3) is 0.222. The molecule has 9 heteroatoms. The fourth-order valence-electron chi connectivity index (χ4n) is 2.76. The number of non-ortho nitro benzene ring substituents is 1. The van der Waals surface area contributed by atoms with Crippen LogP contribution in [0.3, 0.4) is 0 Å². The molecule has 9 nitrogen and oxygen atoms in total. The van der Waals surface area contributed by atoms with Gasteiger partial charge in [0.15, 0.2) is 17.6 Å². The van der Waals surface area contributed by atoms with Gasteiger partial charge in [0.25, 0.3) is 11.6 Å². The molecular formula is C18H17N3O6. The standard InChI is InChI=1S/C18H17N3O6/c1-11(27-16-9-12(21(24)25)7-8-15(16)26-2)18(23)20-10-17(22)19-13-5-3-4-6-14(13)20/h3-9,11H,10H2,1-2H3,(H,19,22). The zero-order valence-electron chi connectivity index (χ0n) is 14.7. The highest BCUT2D eigenvalue weighted by Gasteiger charge is 2.31. The summed E-state index contributed by atoms with van der Waals surface area (Å²) in [5.41, 5.74) is 0.902. The van der Waals surface area contributed by atoms with Gasteiger partial charge in [-0.05, 0) is 25.1 Å². The molecule has 0 bridgehead atoms. The molecule has 1 aliphatic rings. The van der Waals surface area contributed by atoms with Gasteiger partial charge >= 0.3 is 0 Å². The summed E-state index contributed by atoms with van der Waals surface area (Å²) in [6, 6.07) is 10.8. The van der Waals surface area contributed by atoms with E-state index < -0.39 is 16.9 Å². The van der Waals surface area contributed by atoms with Crippen LogP contribution in [0.15, 0.2) is 42.5 Å². The minimum absolute atomic E-state index is 0.0716. The Balaban J connectivity index is 1.86. The van der Waals surface area contributed by atoms with E-state index in [1.54, 1.807) is 24.3 Å². The van der Waals surface area contributed by atoms with Crippen molar-refractivity contribution in [2.45, 2.75) is 13.0 Å².